The molecule has 0 aliphatic rings. The molecule has 0 bridgehead atoms. The Balaban J connectivity index is 1.68. The van der Waals surface area contributed by atoms with Crippen molar-refractivity contribution in [2.24, 2.45) is 0 Å². The van der Waals surface area contributed by atoms with E-state index in [4.69, 9.17) is 4.74 Å². The van der Waals surface area contributed by atoms with Crippen LogP contribution in [0.3, 0.4) is 0 Å². The molecular formula is C22H20N4O5. The first kappa shape index (κ1) is 21.4. The second kappa shape index (κ2) is 9.49. The largest absolute Gasteiger partial charge is 0.497 e. The Kier molecular flexibility index (Phi) is 6.56. The maximum Gasteiger partial charge on any atom is 0.276 e. The minimum absolute atomic E-state index is 0.0194. The lowest BCUT2D eigenvalue weighted by Crippen LogP contribution is -2.31. The van der Waals surface area contributed by atoms with Gasteiger partial charge in [-0.05, 0) is 61.5 Å². The fourth-order valence-corrected chi connectivity index (χ4v) is 2.68. The predicted molar refractivity (Wildman–Crippen MR) is 115 cm³/mol. The fraction of sp³-hybridized carbons (Fsp3) is 0.136. The number of ether oxygens (including phenoxy) is 1. The number of benzene rings is 2. The highest BCUT2D eigenvalue weighted by Gasteiger charge is 2.13. The molecule has 3 rings (SSSR count). The van der Waals surface area contributed by atoms with E-state index in [-0.39, 0.29) is 18.0 Å². The molecule has 1 aromatic heterocycles. The minimum Gasteiger partial charge on any atom is -0.497 e. The van der Waals surface area contributed by atoms with Crippen LogP contribution in [0, 0.1) is 0 Å². The molecular weight excluding hydrogens is 400 g/mol. The summed E-state index contributed by atoms with van der Waals surface area (Å²) in [7, 11) is 1.54. The summed E-state index contributed by atoms with van der Waals surface area (Å²) in [6.45, 7) is 1.07. The van der Waals surface area contributed by atoms with Crippen molar-refractivity contribution < 1.29 is 19.1 Å². The number of hydrogen-bond donors (Lipinski definition) is 2. The first-order chi connectivity index (χ1) is 14.9. The summed E-state index contributed by atoms with van der Waals surface area (Å²) in [5.41, 5.74) is 0.970. The molecule has 0 radical (unpaired) electrons. The van der Waals surface area contributed by atoms with Gasteiger partial charge in [-0.1, -0.05) is 0 Å². The molecule has 0 saturated heterocycles. The number of anilines is 2. The van der Waals surface area contributed by atoms with E-state index in [1.807, 2.05) is 0 Å². The average molecular weight is 420 g/mol. The minimum atomic E-state index is -0.529. The number of amides is 2. The van der Waals surface area contributed by atoms with Gasteiger partial charge in [0, 0.05) is 23.0 Å². The molecule has 0 aliphatic heterocycles. The molecule has 0 fully saturated rings. The molecule has 3 aromatic rings. The smallest absolute Gasteiger partial charge is 0.276 e. The number of aromatic nitrogens is 2. The van der Waals surface area contributed by atoms with E-state index in [0.717, 1.165) is 4.68 Å². The first-order valence-electron chi connectivity index (χ1n) is 9.30. The first-order valence-corrected chi connectivity index (χ1v) is 9.30. The molecule has 1 heterocycles. The Labute approximate surface area is 177 Å². The van der Waals surface area contributed by atoms with E-state index >= 15 is 0 Å². The Morgan fingerprint density at radius 2 is 1.52 bits per heavy atom. The molecule has 158 valence electrons. The number of nitrogens with one attached hydrogen (secondary N) is 2. The lowest BCUT2D eigenvalue weighted by molar-refractivity contribution is -0.117. The van der Waals surface area contributed by atoms with Gasteiger partial charge in [0.2, 0.25) is 5.91 Å². The lowest BCUT2D eigenvalue weighted by Gasteiger charge is -2.09. The summed E-state index contributed by atoms with van der Waals surface area (Å²) in [6.07, 6.45) is 0. The van der Waals surface area contributed by atoms with Crippen molar-refractivity contribution >= 4 is 29.0 Å². The van der Waals surface area contributed by atoms with Crippen molar-refractivity contribution in [1.82, 2.24) is 9.78 Å². The molecule has 2 N–H and O–H groups in total. The third-order valence-corrected chi connectivity index (χ3v) is 4.32. The number of carbonyl (C=O) groups is 3. The van der Waals surface area contributed by atoms with Crippen LogP contribution < -0.4 is 20.9 Å². The molecule has 2 aromatic carbocycles. The van der Waals surface area contributed by atoms with Crippen LogP contribution in [0.25, 0.3) is 0 Å². The van der Waals surface area contributed by atoms with Gasteiger partial charge in [-0.2, -0.15) is 5.10 Å². The van der Waals surface area contributed by atoms with Crippen LogP contribution in [-0.4, -0.2) is 34.5 Å². The third kappa shape index (κ3) is 5.63. The predicted octanol–water partition coefficient (Wildman–Crippen LogP) is 2.35. The average Bonchev–Trinajstić information content (AvgIpc) is 2.76. The Bertz CT molecular complexity index is 1170. The summed E-state index contributed by atoms with van der Waals surface area (Å²) < 4.78 is 5.97. The molecule has 0 saturated carbocycles. The van der Waals surface area contributed by atoms with Crippen molar-refractivity contribution in [3.05, 3.63) is 82.3 Å². The van der Waals surface area contributed by atoms with Crippen LogP contribution in [0.4, 0.5) is 11.4 Å². The topological polar surface area (TPSA) is 119 Å². The molecule has 0 spiro atoms. The molecule has 9 nitrogen and oxygen atoms in total. The summed E-state index contributed by atoms with van der Waals surface area (Å²) >= 11 is 0. The van der Waals surface area contributed by atoms with Crippen LogP contribution in [-0.2, 0) is 11.3 Å². The van der Waals surface area contributed by atoms with Crippen molar-refractivity contribution in [3.8, 4) is 5.75 Å². The number of nitrogens with zero attached hydrogens (tertiary/aromatic N) is 2. The van der Waals surface area contributed by atoms with Gasteiger partial charge in [-0.25, -0.2) is 4.68 Å². The maximum absolute atomic E-state index is 12.4. The summed E-state index contributed by atoms with van der Waals surface area (Å²) in [4.78, 5) is 48.1. The molecule has 31 heavy (non-hydrogen) atoms. The molecule has 0 unspecified atom stereocenters. The van der Waals surface area contributed by atoms with Gasteiger partial charge in [0.1, 0.15) is 18.0 Å². The highest BCUT2D eigenvalue weighted by atomic mass is 16.5. The Morgan fingerprint density at radius 3 is 2.13 bits per heavy atom. The van der Waals surface area contributed by atoms with Gasteiger partial charge < -0.3 is 15.4 Å². The quantitative estimate of drug-likeness (QED) is 0.566. The van der Waals surface area contributed by atoms with Crippen LogP contribution in [0.5, 0.6) is 5.75 Å². The lowest BCUT2D eigenvalue weighted by atomic mass is 10.1. The summed E-state index contributed by atoms with van der Waals surface area (Å²) in [6, 6.07) is 15.5. The third-order valence-electron chi connectivity index (χ3n) is 4.32. The zero-order valence-corrected chi connectivity index (χ0v) is 16.9. The zero-order chi connectivity index (χ0) is 22.4. The molecule has 9 heteroatoms. The van der Waals surface area contributed by atoms with Crippen molar-refractivity contribution in [2.75, 3.05) is 17.7 Å². The normalized spacial score (nSPS) is 10.3. The van der Waals surface area contributed by atoms with Crippen LogP contribution in [0.2, 0.25) is 0 Å². The Hall–Kier alpha value is -4.27. The van der Waals surface area contributed by atoms with Gasteiger partial charge >= 0.3 is 0 Å². The number of rotatable bonds is 7. The molecule has 0 aliphatic carbocycles. The van der Waals surface area contributed by atoms with Crippen molar-refractivity contribution in [2.45, 2.75) is 13.5 Å². The molecule has 0 atom stereocenters. The monoisotopic (exact) mass is 420 g/mol. The second-order valence-electron chi connectivity index (χ2n) is 6.58. The highest BCUT2D eigenvalue weighted by molar-refractivity contribution is 6.02. The second-order valence-corrected chi connectivity index (χ2v) is 6.58. The van der Waals surface area contributed by atoms with Crippen molar-refractivity contribution in [1.29, 1.82) is 0 Å². The molecule has 2 amide bonds. The fourth-order valence-electron chi connectivity index (χ4n) is 2.68. The van der Waals surface area contributed by atoms with E-state index in [1.54, 1.807) is 48.5 Å². The van der Waals surface area contributed by atoms with Gasteiger partial charge in [0.15, 0.2) is 5.78 Å². The summed E-state index contributed by atoms with van der Waals surface area (Å²) in [5, 5.41) is 9.27. The number of Topliss-reactive ketones (excluding diaryl/α,β-unsaturated/α-hetero) is 1. The summed E-state index contributed by atoms with van der Waals surface area (Å²) in [5.74, 6) is -0.470. The number of hydrogen-bond acceptors (Lipinski definition) is 6. The number of methoxy groups -OCH3 is 1. The van der Waals surface area contributed by atoms with Crippen LogP contribution in [0.15, 0.2) is 65.5 Å². The SMILES string of the molecule is COc1ccc(NC(=O)c2ccc(=O)n(CC(=O)Nc3ccc(C(C)=O)cc3)n2)cc1. The van der Waals surface area contributed by atoms with E-state index in [0.29, 0.717) is 22.7 Å². The van der Waals surface area contributed by atoms with Crippen molar-refractivity contribution in [3.63, 3.8) is 0 Å². The van der Waals surface area contributed by atoms with Gasteiger partial charge in [0.25, 0.3) is 11.5 Å². The highest BCUT2D eigenvalue weighted by Crippen LogP contribution is 2.15. The van der Waals surface area contributed by atoms with Gasteiger partial charge in [0.05, 0.1) is 7.11 Å². The number of ketones is 1. The standard InChI is InChI=1S/C22H20N4O5/c1-14(27)15-3-5-16(6-4-15)23-20(28)13-26-21(29)12-11-19(25-26)22(30)24-17-7-9-18(31-2)10-8-17/h3-12H,13H2,1-2H3,(H,23,28)(H,24,30). The van der Waals surface area contributed by atoms with Gasteiger partial charge in [-0.15, -0.1) is 0 Å². The van der Waals surface area contributed by atoms with E-state index in [2.05, 4.69) is 15.7 Å². The van der Waals surface area contributed by atoms with Crippen LogP contribution >= 0.6 is 0 Å². The number of carbonyl (C=O) groups excluding carboxylic acids is 3. The van der Waals surface area contributed by atoms with E-state index in [9.17, 15) is 19.2 Å². The Morgan fingerprint density at radius 1 is 0.903 bits per heavy atom. The van der Waals surface area contributed by atoms with E-state index < -0.39 is 17.4 Å². The van der Waals surface area contributed by atoms with Crippen LogP contribution in [0.1, 0.15) is 27.8 Å². The van der Waals surface area contributed by atoms with Gasteiger partial charge in [-0.3, -0.25) is 19.2 Å². The zero-order valence-electron chi connectivity index (χ0n) is 16.9. The maximum atomic E-state index is 12.4. The van der Waals surface area contributed by atoms with E-state index in [1.165, 1.54) is 26.2 Å².